The molecule has 0 saturated heterocycles. The number of pyridine rings is 1. The number of H-pyrrole nitrogens is 1. The van der Waals surface area contributed by atoms with Gasteiger partial charge in [-0.3, -0.25) is 9.78 Å². The van der Waals surface area contributed by atoms with Crippen LogP contribution >= 0.6 is 0 Å². The first-order valence-corrected chi connectivity index (χ1v) is 8.79. The fourth-order valence-corrected chi connectivity index (χ4v) is 2.90. The van der Waals surface area contributed by atoms with Crippen LogP contribution in [0.4, 0.5) is 22.0 Å². The third kappa shape index (κ3) is 4.87. The highest BCUT2D eigenvalue weighted by atomic mass is 19.4. The van der Waals surface area contributed by atoms with Crippen LogP contribution < -0.4 is 5.32 Å². The van der Waals surface area contributed by atoms with E-state index in [1.54, 1.807) is 18.2 Å². The molecule has 1 aliphatic rings. The number of rotatable bonds is 2. The number of aromatic amines is 1. The highest BCUT2D eigenvalue weighted by Gasteiger charge is 2.38. The van der Waals surface area contributed by atoms with Gasteiger partial charge in [-0.1, -0.05) is 6.07 Å². The van der Waals surface area contributed by atoms with Crippen molar-refractivity contribution >= 4 is 11.9 Å². The van der Waals surface area contributed by atoms with E-state index in [2.05, 4.69) is 15.3 Å². The summed E-state index contributed by atoms with van der Waals surface area (Å²) >= 11 is 0. The molecule has 3 aromatic rings. The molecule has 31 heavy (non-hydrogen) atoms. The molecule has 11 heteroatoms. The minimum Gasteiger partial charge on any atom is -0.475 e. The van der Waals surface area contributed by atoms with E-state index in [1.807, 2.05) is 0 Å². The average molecular weight is 439 g/mol. The smallest absolute Gasteiger partial charge is 0.475 e. The lowest BCUT2D eigenvalue weighted by molar-refractivity contribution is -0.192. The molecule has 6 nitrogen and oxygen atoms in total. The minimum atomic E-state index is -5.08. The third-order valence-corrected chi connectivity index (χ3v) is 4.35. The molecule has 3 N–H and O–H groups in total. The maximum atomic E-state index is 14.0. The normalized spacial score (nSPS) is 13.0. The van der Waals surface area contributed by atoms with E-state index in [1.165, 1.54) is 18.3 Å². The number of nitrogens with zero attached hydrogens (tertiary/aromatic N) is 1. The van der Waals surface area contributed by atoms with Gasteiger partial charge in [-0.05, 0) is 30.3 Å². The number of hydrogen-bond donors (Lipinski definition) is 3. The van der Waals surface area contributed by atoms with Gasteiger partial charge in [0.15, 0.2) is 11.6 Å². The lowest BCUT2D eigenvalue weighted by Crippen LogP contribution is -2.31. The molecule has 4 rings (SSSR count). The minimum absolute atomic E-state index is 0.103. The molecule has 1 aliphatic heterocycles. The number of aromatic nitrogens is 2. The summed E-state index contributed by atoms with van der Waals surface area (Å²) in [5.41, 5.74) is 3.44. The zero-order valence-corrected chi connectivity index (χ0v) is 15.6. The van der Waals surface area contributed by atoms with Crippen LogP contribution in [-0.2, 0) is 11.2 Å². The lowest BCUT2D eigenvalue weighted by atomic mass is 10.1. The molecule has 0 unspecified atom stereocenters. The second-order valence-corrected chi connectivity index (χ2v) is 6.42. The van der Waals surface area contributed by atoms with Gasteiger partial charge in [-0.2, -0.15) is 13.2 Å². The van der Waals surface area contributed by atoms with Crippen LogP contribution in [0.5, 0.6) is 0 Å². The van der Waals surface area contributed by atoms with Crippen LogP contribution in [-0.4, -0.2) is 39.7 Å². The predicted octanol–water partition coefficient (Wildman–Crippen LogP) is 3.94. The van der Waals surface area contributed by atoms with Crippen LogP contribution in [0.15, 0.2) is 42.6 Å². The maximum absolute atomic E-state index is 14.0. The number of carbonyl (C=O) groups excluding carboxylic acids is 1. The van der Waals surface area contributed by atoms with Gasteiger partial charge < -0.3 is 15.4 Å². The van der Waals surface area contributed by atoms with E-state index in [9.17, 15) is 26.7 Å². The van der Waals surface area contributed by atoms with Crippen molar-refractivity contribution in [1.82, 2.24) is 15.3 Å². The molecule has 0 saturated carbocycles. The first-order chi connectivity index (χ1) is 14.6. The average Bonchev–Trinajstić information content (AvgIpc) is 3.16. The van der Waals surface area contributed by atoms with Crippen molar-refractivity contribution in [2.45, 2.75) is 12.6 Å². The van der Waals surface area contributed by atoms with Crippen molar-refractivity contribution in [3.63, 3.8) is 0 Å². The Labute approximate surface area is 171 Å². The molecule has 0 atom stereocenters. The molecule has 3 heterocycles. The van der Waals surface area contributed by atoms with Crippen LogP contribution in [0.1, 0.15) is 16.1 Å². The number of alkyl halides is 3. The van der Waals surface area contributed by atoms with Crippen molar-refractivity contribution in [3.05, 3.63) is 65.5 Å². The molecular weight excluding hydrogens is 425 g/mol. The Hall–Kier alpha value is -3.76. The van der Waals surface area contributed by atoms with E-state index in [-0.39, 0.29) is 11.5 Å². The van der Waals surface area contributed by atoms with Gasteiger partial charge in [0.2, 0.25) is 0 Å². The SMILES string of the molecule is O=C(O)C(F)(F)F.O=C1NCCc2[nH]c(-c3ccnc(-c4cccc(F)c4F)c3)cc21. The van der Waals surface area contributed by atoms with Crippen molar-refractivity contribution in [2.75, 3.05) is 6.54 Å². The monoisotopic (exact) mass is 439 g/mol. The third-order valence-electron chi connectivity index (χ3n) is 4.35. The molecule has 1 amide bonds. The number of carboxylic acids is 1. The van der Waals surface area contributed by atoms with Crippen molar-refractivity contribution in [2.24, 2.45) is 0 Å². The van der Waals surface area contributed by atoms with Crippen molar-refractivity contribution < 1.29 is 36.6 Å². The van der Waals surface area contributed by atoms with Gasteiger partial charge in [-0.15, -0.1) is 0 Å². The van der Waals surface area contributed by atoms with Crippen LogP contribution in [0, 0.1) is 11.6 Å². The highest BCUT2D eigenvalue weighted by Crippen LogP contribution is 2.28. The molecule has 1 aromatic carbocycles. The fourth-order valence-electron chi connectivity index (χ4n) is 2.90. The molecular formula is C20H14F5N3O3. The topological polar surface area (TPSA) is 95.1 Å². The zero-order valence-electron chi connectivity index (χ0n) is 15.6. The van der Waals surface area contributed by atoms with E-state index >= 15 is 0 Å². The van der Waals surface area contributed by atoms with Crippen molar-refractivity contribution in [3.8, 4) is 22.5 Å². The number of carboxylic acid groups (broad SMARTS) is 1. The second kappa shape index (κ2) is 8.54. The molecule has 0 radical (unpaired) electrons. The number of halogens is 5. The van der Waals surface area contributed by atoms with Crippen LogP contribution in [0.2, 0.25) is 0 Å². The highest BCUT2D eigenvalue weighted by molar-refractivity contribution is 5.97. The number of amides is 1. The fraction of sp³-hybridized carbons (Fsp3) is 0.150. The summed E-state index contributed by atoms with van der Waals surface area (Å²) in [4.78, 5) is 28.1. The number of benzene rings is 1. The van der Waals surface area contributed by atoms with Gasteiger partial charge in [0.1, 0.15) is 0 Å². The second-order valence-electron chi connectivity index (χ2n) is 6.42. The Balaban J connectivity index is 0.000000339. The Morgan fingerprint density at radius 2 is 1.81 bits per heavy atom. The first kappa shape index (κ1) is 21.9. The molecule has 0 fully saturated rings. The summed E-state index contributed by atoms with van der Waals surface area (Å²) in [7, 11) is 0. The van der Waals surface area contributed by atoms with E-state index in [0.29, 0.717) is 17.8 Å². The van der Waals surface area contributed by atoms with Gasteiger partial charge in [0, 0.05) is 41.7 Å². The molecule has 0 spiro atoms. The Morgan fingerprint density at radius 1 is 1.10 bits per heavy atom. The lowest BCUT2D eigenvalue weighted by Gasteiger charge is -2.11. The summed E-state index contributed by atoms with van der Waals surface area (Å²) in [5, 5.41) is 9.92. The van der Waals surface area contributed by atoms with Gasteiger partial charge >= 0.3 is 12.1 Å². The summed E-state index contributed by atoms with van der Waals surface area (Å²) < 4.78 is 59.2. The maximum Gasteiger partial charge on any atom is 0.490 e. The van der Waals surface area contributed by atoms with Gasteiger partial charge in [-0.25, -0.2) is 13.6 Å². The van der Waals surface area contributed by atoms with E-state index in [0.717, 1.165) is 29.4 Å². The number of aliphatic carboxylic acids is 1. The number of hydrogen-bond acceptors (Lipinski definition) is 3. The number of carbonyl (C=O) groups is 2. The Bertz CT molecular complexity index is 1140. The van der Waals surface area contributed by atoms with Gasteiger partial charge in [0.05, 0.1) is 11.3 Å². The molecule has 2 aromatic heterocycles. The predicted molar refractivity (Wildman–Crippen MR) is 99.1 cm³/mol. The first-order valence-electron chi connectivity index (χ1n) is 8.79. The quantitative estimate of drug-likeness (QED) is 0.527. The zero-order chi connectivity index (χ0) is 22.8. The largest absolute Gasteiger partial charge is 0.490 e. The number of fused-ring (bicyclic) bond motifs is 1. The van der Waals surface area contributed by atoms with E-state index in [4.69, 9.17) is 9.90 Å². The summed E-state index contributed by atoms with van der Waals surface area (Å²) in [6, 6.07) is 9.20. The Kier molecular flexibility index (Phi) is 6.04. The molecule has 0 bridgehead atoms. The van der Waals surface area contributed by atoms with Crippen molar-refractivity contribution in [1.29, 1.82) is 0 Å². The van der Waals surface area contributed by atoms with Crippen LogP contribution in [0.25, 0.3) is 22.5 Å². The molecule has 0 aliphatic carbocycles. The summed E-state index contributed by atoms with van der Waals surface area (Å²) in [6.45, 7) is 0.599. The number of nitrogens with one attached hydrogen (secondary N) is 2. The van der Waals surface area contributed by atoms with Gasteiger partial charge in [0.25, 0.3) is 5.91 Å². The molecule has 162 valence electrons. The summed E-state index contributed by atoms with van der Waals surface area (Å²) in [6.07, 6.45) is -2.81. The standard InChI is InChI=1S/C18H13F2N3O.C2HF3O2/c19-13-3-1-2-11(17(13)20)16-8-10(4-6-21-16)15-9-12-14(23-15)5-7-22-18(12)24;3-2(4,5)1(6)7/h1-4,6,8-9,23H,5,7H2,(H,22,24);(H,6,7). The summed E-state index contributed by atoms with van der Waals surface area (Å²) in [5.74, 6) is -4.70. The van der Waals surface area contributed by atoms with Crippen LogP contribution in [0.3, 0.4) is 0 Å². The Morgan fingerprint density at radius 3 is 2.45 bits per heavy atom. The van der Waals surface area contributed by atoms with E-state index < -0.39 is 23.8 Å².